The van der Waals surface area contributed by atoms with E-state index in [2.05, 4.69) is 0 Å². The molecule has 0 bridgehead atoms. The van der Waals surface area contributed by atoms with Crippen LogP contribution in [0.3, 0.4) is 0 Å². The molecular weight excluding hydrogens is 548 g/mol. The Morgan fingerprint density at radius 1 is 0.878 bits per heavy atom. The van der Waals surface area contributed by atoms with Crippen molar-refractivity contribution in [2.24, 2.45) is 7.05 Å². The SMILES string of the molecule is CCOC(=O)CCc1ccc(OCc2nc3ccc(OCCOC(C)=O)cc3n2C)cc1OCc1ccc(Cl)cc1. The van der Waals surface area contributed by atoms with Gasteiger partial charge in [0.05, 0.1) is 17.6 Å². The number of carbonyl (C=O) groups is 2. The van der Waals surface area contributed by atoms with E-state index in [0.29, 0.717) is 41.9 Å². The van der Waals surface area contributed by atoms with E-state index in [0.717, 1.165) is 28.0 Å². The standard InChI is InChI=1S/C31H33ClN2O7/c1-4-37-31(36)14-8-23-7-11-26(18-29(23)41-19-22-5-9-24(32)10-6-22)40-20-30-33-27-13-12-25(17-28(27)34(30)3)39-16-15-38-21(2)35/h5-7,9-13,17-18H,4,8,14-16,19-20H2,1-3H3. The summed E-state index contributed by atoms with van der Waals surface area (Å²) in [5.74, 6) is 2.02. The molecule has 3 aromatic carbocycles. The van der Waals surface area contributed by atoms with Crippen molar-refractivity contribution in [3.8, 4) is 17.2 Å². The molecule has 0 saturated heterocycles. The Kier molecular flexibility index (Phi) is 10.5. The number of hydrogen-bond acceptors (Lipinski definition) is 8. The van der Waals surface area contributed by atoms with Crippen molar-refractivity contribution in [2.75, 3.05) is 19.8 Å². The number of carbonyl (C=O) groups excluding carboxylic acids is 2. The lowest BCUT2D eigenvalue weighted by Gasteiger charge is -2.14. The van der Waals surface area contributed by atoms with Gasteiger partial charge in [0.2, 0.25) is 0 Å². The summed E-state index contributed by atoms with van der Waals surface area (Å²) in [4.78, 5) is 27.6. The van der Waals surface area contributed by atoms with Crippen LogP contribution < -0.4 is 14.2 Å². The van der Waals surface area contributed by atoms with Crippen molar-refractivity contribution in [1.82, 2.24) is 9.55 Å². The minimum atomic E-state index is -0.341. The van der Waals surface area contributed by atoms with E-state index in [4.69, 9.17) is 40.3 Å². The molecule has 0 saturated carbocycles. The summed E-state index contributed by atoms with van der Waals surface area (Å²) in [5.41, 5.74) is 3.53. The molecule has 1 aromatic heterocycles. The van der Waals surface area contributed by atoms with Gasteiger partial charge in [-0.1, -0.05) is 29.8 Å². The first-order valence-electron chi connectivity index (χ1n) is 13.3. The first kappa shape index (κ1) is 29.7. The molecule has 4 rings (SSSR count). The van der Waals surface area contributed by atoms with E-state index >= 15 is 0 Å². The summed E-state index contributed by atoms with van der Waals surface area (Å²) < 4.78 is 29.9. The number of rotatable bonds is 14. The second kappa shape index (κ2) is 14.4. The van der Waals surface area contributed by atoms with Gasteiger partial charge in [0.25, 0.3) is 0 Å². The number of nitrogens with zero attached hydrogens (tertiary/aromatic N) is 2. The van der Waals surface area contributed by atoms with Crippen LogP contribution in [0.1, 0.15) is 37.2 Å². The first-order chi connectivity index (χ1) is 19.8. The van der Waals surface area contributed by atoms with Gasteiger partial charge >= 0.3 is 11.9 Å². The normalized spacial score (nSPS) is 10.8. The largest absolute Gasteiger partial charge is 0.490 e. The average Bonchev–Trinajstić information content (AvgIpc) is 3.27. The van der Waals surface area contributed by atoms with Gasteiger partial charge in [0, 0.05) is 37.5 Å². The van der Waals surface area contributed by atoms with E-state index in [1.54, 1.807) is 6.92 Å². The Morgan fingerprint density at radius 3 is 2.39 bits per heavy atom. The highest BCUT2D eigenvalue weighted by Crippen LogP contribution is 2.29. The molecule has 1 heterocycles. The van der Waals surface area contributed by atoms with Crippen LogP contribution in [0.5, 0.6) is 17.2 Å². The molecule has 0 aliphatic carbocycles. The van der Waals surface area contributed by atoms with Gasteiger partial charge in [0.15, 0.2) is 0 Å². The van der Waals surface area contributed by atoms with Crippen LogP contribution in [0.2, 0.25) is 5.02 Å². The highest BCUT2D eigenvalue weighted by atomic mass is 35.5. The van der Waals surface area contributed by atoms with Gasteiger partial charge in [-0.3, -0.25) is 9.59 Å². The Labute approximate surface area is 243 Å². The van der Waals surface area contributed by atoms with E-state index in [1.807, 2.05) is 72.3 Å². The van der Waals surface area contributed by atoms with Crippen LogP contribution in [0.25, 0.3) is 11.0 Å². The second-order valence-electron chi connectivity index (χ2n) is 9.20. The Balaban J connectivity index is 1.45. The maximum Gasteiger partial charge on any atom is 0.306 e. The number of fused-ring (bicyclic) bond motifs is 1. The number of imidazole rings is 1. The minimum absolute atomic E-state index is 0.185. The number of esters is 2. The smallest absolute Gasteiger partial charge is 0.306 e. The summed E-state index contributed by atoms with van der Waals surface area (Å²) in [7, 11) is 1.91. The van der Waals surface area contributed by atoms with Gasteiger partial charge < -0.3 is 28.3 Å². The number of benzene rings is 3. The van der Waals surface area contributed by atoms with Gasteiger partial charge in [0.1, 0.15) is 49.5 Å². The lowest BCUT2D eigenvalue weighted by Crippen LogP contribution is -2.09. The zero-order chi connectivity index (χ0) is 29.2. The molecule has 0 fully saturated rings. The Morgan fingerprint density at radius 2 is 1.63 bits per heavy atom. The topological polar surface area (TPSA) is 98.1 Å². The first-order valence-corrected chi connectivity index (χ1v) is 13.7. The third kappa shape index (κ3) is 8.62. The summed E-state index contributed by atoms with van der Waals surface area (Å²) in [6, 6.07) is 18.6. The maximum atomic E-state index is 11.9. The van der Waals surface area contributed by atoms with Gasteiger partial charge in [-0.05, 0) is 54.8 Å². The fourth-order valence-electron chi connectivity index (χ4n) is 4.11. The van der Waals surface area contributed by atoms with E-state index in [9.17, 15) is 9.59 Å². The number of aromatic nitrogens is 2. The Hall–Kier alpha value is -4.24. The van der Waals surface area contributed by atoms with Gasteiger partial charge in [-0.15, -0.1) is 0 Å². The molecule has 41 heavy (non-hydrogen) atoms. The summed E-state index contributed by atoms with van der Waals surface area (Å²) in [5, 5.41) is 0.657. The van der Waals surface area contributed by atoms with Crippen LogP contribution in [-0.2, 0) is 45.7 Å². The molecule has 0 aliphatic rings. The monoisotopic (exact) mass is 580 g/mol. The molecular formula is C31H33ClN2O7. The molecule has 0 N–H and O–H groups in total. The molecule has 0 spiro atoms. The molecule has 0 radical (unpaired) electrons. The average molecular weight is 581 g/mol. The van der Waals surface area contributed by atoms with Crippen LogP contribution in [0.4, 0.5) is 0 Å². The molecule has 0 unspecified atom stereocenters. The minimum Gasteiger partial charge on any atom is -0.490 e. The summed E-state index contributed by atoms with van der Waals surface area (Å²) in [6.45, 7) is 4.51. The van der Waals surface area contributed by atoms with Crippen molar-refractivity contribution in [3.63, 3.8) is 0 Å². The van der Waals surface area contributed by atoms with Crippen LogP contribution >= 0.6 is 11.6 Å². The fourth-order valence-corrected chi connectivity index (χ4v) is 4.23. The maximum absolute atomic E-state index is 11.9. The lowest BCUT2D eigenvalue weighted by atomic mass is 10.1. The molecule has 0 amide bonds. The quantitative estimate of drug-likeness (QED) is 0.136. The van der Waals surface area contributed by atoms with Gasteiger partial charge in [-0.2, -0.15) is 0 Å². The van der Waals surface area contributed by atoms with Crippen molar-refractivity contribution in [3.05, 3.63) is 82.6 Å². The second-order valence-corrected chi connectivity index (χ2v) is 9.64. The van der Waals surface area contributed by atoms with Crippen molar-refractivity contribution in [2.45, 2.75) is 39.9 Å². The zero-order valence-corrected chi connectivity index (χ0v) is 24.1. The number of ether oxygens (including phenoxy) is 5. The van der Waals surface area contributed by atoms with Gasteiger partial charge in [-0.25, -0.2) is 4.98 Å². The number of aryl methyl sites for hydroxylation is 2. The Bertz CT molecular complexity index is 1480. The summed E-state index contributed by atoms with van der Waals surface area (Å²) >= 11 is 6.01. The van der Waals surface area contributed by atoms with Crippen LogP contribution in [-0.4, -0.2) is 41.3 Å². The van der Waals surface area contributed by atoms with E-state index in [-0.39, 0.29) is 38.2 Å². The molecule has 10 heteroatoms. The van der Waals surface area contributed by atoms with Crippen molar-refractivity contribution in [1.29, 1.82) is 0 Å². The van der Waals surface area contributed by atoms with Crippen molar-refractivity contribution < 1.29 is 33.3 Å². The fraction of sp³-hybridized carbons (Fsp3) is 0.323. The van der Waals surface area contributed by atoms with Crippen molar-refractivity contribution >= 4 is 34.6 Å². The molecule has 9 nitrogen and oxygen atoms in total. The van der Waals surface area contributed by atoms with Crippen LogP contribution in [0.15, 0.2) is 60.7 Å². The molecule has 0 aliphatic heterocycles. The molecule has 216 valence electrons. The van der Waals surface area contributed by atoms with Crippen LogP contribution in [0, 0.1) is 0 Å². The zero-order valence-electron chi connectivity index (χ0n) is 23.4. The lowest BCUT2D eigenvalue weighted by molar-refractivity contribution is -0.143. The molecule has 0 atom stereocenters. The number of halogens is 1. The third-order valence-corrected chi connectivity index (χ3v) is 6.47. The van der Waals surface area contributed by atoms with E-state index < -0.39 is 0 Å². The third-order valence-electron chi connectivity index (χ3n) is 6.22. The predicted octanol–water partition coefficient (Wildman–Crippen LogP) is 5.82. The number of hydrogen-bond donors (Lipinski definition) is 0. The predicted molar refractivity (Wildman–Crippen MR) is 154 cm³/mol. The highest BCUT2D eigenvalue weighted by molar-refractivity contribution is 6.30. The molecule has 4 aromatic rings. The van der Waals surface area contributed by atoms with E-state index in [1.165, 1.54) is 6.92 Å². The summed E-state index contributed by atoms with van der Waals surface area (Å²) in [6.07, 6.45) is 0.728. The highest BCUT2D eigenvalue weighted by Gasteiger charge is 2.13.